The number of benzene rings is 1. The number of anilines is 2. The summed E-state index contributed by atoms with van der Waals surface area (Å²) in [4.78, 5) is 11.7. The predicted molar refractivity (Wildman–Crippen MR) is 111 cm³/mol. The molecule has 146 valence electrons. The summed E-state index contributed by atoms with van der Waals surface area (Å²) >= 11 is 1.41. The second kappa shape index (κ2) is 8.47. The van der Waals surface area contributed by atoms with E-state index < -0.39 is 0 Å². The molecule has 9 heteroatoms. The molecule has 0 radical (unpaired) electrons. The largest absolute Gasteiger partial charge is 0.439 e. The van der Waals surface area contributed by atoms with Gasteiger partial charge in [-0.1, -0.05) is 31.0 Å². The number of hydrogen-bond donors (Lipinski definition) is 3. The molecule has 28 heavy (non-hydrogen) atoms. The van der Waals surface area contributed by atoms with Crippen LogP contribution in [-0.2, 0) is 0 Å². The van der Waals surface area contributed by atoms with Gasteiger partial charge in [0.2, 0.25) is 11.8 Å². The zero-order valence-electron chi connectivity index (χ0n) is 15.7. The van der Waals surface area contributed by atoms with Gasteiger partial charge in [0.15, 0.2) is 11.0 Å². The van der Waals surface area contributed by atoms with Gasteiger partial charge >= 0.3 is 0 Å². The molecule has 0 aliphatic heterocycles. The lowest BCUT2D eigenvalue weighted by molar-refractivity contribution is 0.456. The first-order valence-corrected chi connectivity index (χ1v) is 10.6. The fourth-order valence-corrected chi connectivity index (χ4v) is 3.64. The number of thioether (sulfide) groups is 1. The molecular formula is C19H23N7OS. The van der Waals surface area contributed by atoms with E-state index in [-0.39, 0.29) is 0 Å². The maximum atomic E-state index is 5.80. The highest BCUT2D eigenvalue weighted by Crippen LogP contribution is 2.26. The zero-order chi connectivity index (χ0) is 19.3. The van der Waals surface area contributed by atoms with Crippen LogP contribution in [0.25, 0.3) is 11.4 Å². The fourth-order valence-electron chi connectivity index (χ4n) is 3.26. The number of nitrogens with zero attached hydrogens (tertiary/aromatic N) is 4. The van der Waals surface area contributed by atoms with Crippen LogP contribution in [0.4, 0.5) is 11.8 Å². The maximum absolute atomic E-state index is 5.80. The summed E-state index contributed by atoms with van der Waals surface area (Å²) in [6.45, 7) is 0. The molecule has 1 aliphatic carbocycles. The van der Waals surface area contributed by atoms with E-state index >= 15 is 0 Å². The first-order chi connectivity index (χ1) is 13.7. The Morgan fingerprint density at radius 2 is 1.89 bits per heavy atom. The van der Waals surface area contributed by atoms with Crippen molar-refractivity contribution in [1.82, 2.24) is 25.1 Å². The molecule has 2 aromatic heterocycles. The lowest BCUT2D eigenvalue weighted by Gasteiger charge is -2.21. The second-order valence-electron chi connectivity index (χ2n) is 6.75. The minimum absolute atomic E-state index is 0.380. The van der Waals surface area contributed by atoms with Gasteiger partial charge in [-0.15, -0.1) is 10.2 Å². The number of H-pyrrole nitrogens is 1. The summed E-state index contributed by atoms with van der Waals surface area (Å²) in [6.07, 6.45) is 8.14. The highest BCUT2D eigenvalue weighted by atomic mass is 32.2. The van der Waals surface area contributed by atoms with Crippen LogP contribution in [0, 0.1) is 0 Å². The van der Waals surface area contributed by atoms with Crippen molar-refractivity contribution in [2.45, 2.75) is 43.3 Å². The van der Waals surface area contributed by atoms with E-state index in [1.807, 2.05) is 30.5 Å². The van der Waals surface area contributed by atoms with Crippen molar-refractivity contribution in [3.63, 3.8) is 0 Å². The molecule has 8 nitrogen and oxygen atoms in total. The van der Waals surface area contributed by atoms with E-state index in [2.05, 4.69) is 30.5 Å². The molecule has 0 amide bonds. The van der Waals surface area contributed by atoms with Crippen molar-refractivity contribution >= 4 is 23.5 Å². The van der Waals surface area contributed by atoms with Gasteiger partial charge < -0.3 is 20.8 Å². The number of nitrogen functional groups attached to an aromatic ring is 1. The van der Waals surface area contributed by atoms with Crippen LogP contribution in [0.15, 0.2) is 35.5 Å². The minimum Gasteiger partial charge on any atom is -0.439 e. The standard InChI is InChI=1S/C19H23N7OS/c1-28-19-22-15(20)11-16(23-19)27-14-9-7-12(8-10-14)17-24-18(26-25-17)21-13-5-3-2-4-6-13/h7-11,13H,2-6H2,1H3,(H2,20,22,23)(H2,21,24,25,26). The SMILES string of the molecule is CSc1nc(N)cc(Oc2ccc(-c3nnc(NC4CCCCC4)[nH]3)cc2)n1. The lowest BCUT2D eigenvalue weighted by Crippen LogP contribution is -2.22. The molecule has 1 aliphatic rings. The summed E-state index contributed by atoms with van der Waals surface area (Å²) in [6, 6.07) is 9.68. The highest BCUT2D eigenvalue weighted by Gasteiger charge is 2.15. The number of ether oxygens (including phenoxy) is 1. The average molecular weight is 398 g/mol. The number of nitrogens with one attached hydrogen (secondary N) is 2. The molecule has 4 N–H and O–H groups in total. The van der Waals surface area contributed by atoms with E-state index in [1.54, 1.807) is 6.07 Å². The molecule has 3 aromatic rings. The Kier molecular flexibility index (Phi) is 5.61. The van der Waals surface area contributed by atoms with Crippen molar-refractivity contribution in [3.8, 4) is 23.0 Å². The van der Waals surface area contributed by atoms with E-state index in [4.69, 9.17) is 10.5 Å². The summed E-state index contributed by atoms with van der Waals surface area (Å²) in [5.41, 5.74) is 6.72. The van der Waals surface area contributed by atoms with E-state index in [1.165, 1.54) is 43.9 Å². The van der Waals surface area contributed by atoms with Crippen molar-refractivity contribution in [1.29, 1.82) is 0 Å². The smallest absolute Gasteiger partial charge is 0.225 e. The van der Waals surface area contributed by atoms with Crippen LogP contribution >= 0.6 is 11.8 Å². The van der Waals surface area contributed by atoms with Gasteiger partial charge in [0, 0.05) is 17.7 Å². The number of rotatable bonds is 6. The Bertz CT molecular complexity index is 922. The van der Waals surface area contributed by atoms with E-state index in [0.717, 1.165) is 17.3 Å². The van der Waals surface area contributed by atoms with Gasteiger partial charge in [0.25, 0.3) is 0 Å². The Morgan fingerprint density at radius 3 is 2.64 bits per heavy atom. The van der Waals surface area contributed by atoms with E-state index in [0.29, 0.717) is 28.6 Å². The van der Waals surface area contributed by atoms with Gasteiger partial charge in [-0.2, -0.15) is 4.98 Å². The van der Waals surface area contributed by atoms with Crippen molar-refractivity contribution in [2.24, 2.45) is 0 Å². The second-order valence-corrected chi connectivity index (χ2v) is 7.52. The van der Waals surface area contributed by atoms with Crippen LogP contribution in [0.5, 0.6) is 11.6 Å². The van der Waals surface area contributed by atoms with Gasteiger partial charge in [0.1, 0.15) is 11.6 Å². The summed E-state index contributed by atoms with van der Waals surface area (Å²) < 4.78 is 5.80. The topological polar surface area (TPSA) is 115 Å². The third-order valence-electron chi connectivity index (χ3n) is 4.67. The van der Waals surface area contributed by atoms with E-state index in [9.17, 15) is 0 Å². The molecule has 0 unspecified atom stereocenters. The summed E-state index contributed by atoms with van der Waals surface area (Å²) in [7, 11) is 0. The van der Waals surface area contributed by atoms with Crippen LogP contribution < -0.4 is 15.8 Å². The van der Waals surface area contributed by atoms with Crippen LogP contribution in [0.2, 0.25) is 0 Å². The Labute approximate surface area is 167 Å². The molecular weight excluding hydrogens is 374 g/mol. The third-order valence-corrected chi connectivity index (χ3v) is 5.22. The first kappa shape index (κ1) is 18.5. The molecule has 0 atom stereocenters. The molecule has 1 saturated carbocycles. The fraction of sp³-hybridized carbons (Fsp3) is 0.368. The monoisotopic (exact) mass is 397 g/mol. The van der Waals surface area contributed by atoms with Crippen molar-refractivity contribution < 1.29 is 4.74 Å². The number of nitrogens with two attached hydrogens (primary N) is 1. The number of aromatic nitrogens is 5. The molecule has 0 saturated heterocycles. The predicted octanol–water partition coefficient (Wildman–Crippen LogP) is 4.10. The Balaban J connectivity index is 1.42. The van der Waals surface area contributed by atoms with Gasteiger partial charge in [-0.05, 0) is 43.4 Å². The molecule has 0 spiro atoms. The Hall–Kier alpha value is -2.81. The molecule has 2 heterocycles. The minimum atomic E-state index is 0.380. The highest BCUT2D eigenvalue weighted by molar-refractivity contribution is 7.98. The first-order valence-electron chi connectivity index (χ1n) is 9.35. The average Bonchev–Trinajstić information content (AvgIpc) is 3.17. The summed E-state index contributed by atoms with van der Waals surface area (Å²) in [5.74, 6) is 2.91. The van der Waals surface area contributed by atoms with Crippen molar-refractivity contribution in [3.05, 3.63) is 30.3 Å². The van der Waals surface area contributed by atoms with Crippen LogP contribution in [-0.4, -0.2) is 37.4 Å². The van der Waals surface area contributed by atoms with Gasteiger partial charge in [-0.3, -0.25) is 0 Å². The molecule has 4 rings (SSSR count). The molecule has 0 bridgehead atoms. The van der Waals surface area contributed by atoms with Gasteiger partial charge in [-0.25, -0.2) is 4.98 Å². The molecule has 1 fully saturated rings. The van der Waals surface area contributed by atoms with Gasteiger partial charge in [0.05, 0.1) is 0 Å². The van der Waals surface area contributed by atoms with Crippen LogP contribution in [0.1, 0.15) is 32.1 Å². The zero-order valence-corrected chi connectivity index (χ0v) is 16.5. The quantitative estimate of drug-likeness (QED) is 0.421. The third kappa shape index (κ3) is 4.53. The normalized spacial score (nSPS) is 14.8. The molecule has 1 aromatic carbocycles. The maximum Gasteiger partial charge on any atom is 0.225 e. The number of hydrogen-bond acceptors (Lipinski definition) is 8. The lowest BCUT2D eigenvalue weighted by atomic mass is 9.96. The Morgan fingerprint density at radius 1 is 1.11 bits per heavy atom. The number of aromatic amines is 1. The van der Waals surface area contributed by atoms with Crippen molar-refractivity contribution in [2.75, 3.05) is 17.3 Å². The summed E-state index contributed by atoms with van der Waals surface area (Å²) in [5, 5.41) is 12.5. The van der Waals surface area contributed by atoms with Crippen LogP contribution in [0.3, 0.4) is 0 Å².